The molecule has 0 aliphatic carbocycles. The zero-order chi connectivity index (χ0) is 12.6. The Hall–Kier alpha value is 0.350. The standard InChI is InChI=1S/C10H21BrN2O2S/c1-9(2)5-8(6-10(3,4)13-9)12-16(14,15)7-11/h8,12-13H,5-7H2,1-4H3. The highest BCUT2D eigenvalue weighted by Gasteiger charge is 2.38. The molecule has 1 rings (SSSR count). The van der Waals surface area contributed by atoms with Gasteiger partial charge in [0.05, 0.1) is 0 Å². The van der Waals surface area contributed by atoms with Crippen molar-refractivity contribution in [2.45, 2.75) is 57.7 Å². The summed E-state index contributed by atoms with van der Waals surface area (Å²) >= 11 is 2.99. The molecule has 0 aromatic heterocycles. The number of halogens is 1. The van der Waals surface area contributed by atoms with Crippen LogP contribution in [0.15, 0.2) is 0 Å². The third-order valence-electron chi connectivity index (χ3n) is 2.68. The Morgan fingerprint density at radius 2 is 1.69 bits per heavy atom. The minimum Gasteiger partial charge on any atom is -0.307 e. The van der Waals surface area contributed by atoms with Gasteiger partial charge in [0.15, 0.2) is 0 Å². The maximum atomic E-state index is 11.5. The van der Waals surface area contributed by atoms with Crippen LogP contribution < -0.4 is 10.0 Å². The predicted octanol–water partition coefficient (Wildman–Crippen LogP) is 1.57. The van der Waals surface area contributed by atoms with Crippen molar-refractivity contribution in [1.29, 1.82) is 0 Å². The molecule has 0 atom stereocenters. The van der Waals surface area contributed by atoms with Crippen molar-refractivity contribution in [2.24, 2.45) is 0 Å². The zero-order valence-corrected chi connectivity index (χ0v) is 12.7. The monoisotopic (exact) mass is 312 g/mol. The predicted molar refractivity (Wildman–Crippen MR) is 70.2 cm³/mol. The van der Waals surface area contributed by atoms with Crippen LogP contribution in [-0.2, 0) is 10.0 Å². The van der Waals surface area contributed by atoms with Gasteiger partial charge in [0.1, 0.15) is 4.66 Å². The van der Waals surface area contributed by atoms with Gasteiger partial charge in [0.2, 0.25) is 10.0 Å². The highest BCUT2D eigenvalue weighted by Crippen LogP contribution is 2.28. The lowest BCUT2D eigenvalue weighted by molar-refractivity contribution is 0.157. The highest BCUT2D eigenvalue weighted by atomic mass is 79.9. The molecule has 1 aliphatic heterocycles. The normalized spacial score (nSPS) is 25.6. The van der Waals surface area contributed by atoms with Gasteiger partial charge in [-0.3, -0.25) is 0 Å². The summed E-state index contributed by atoms with van der Waals surface area (Å²) in [4.78, 5) is 0. The minimum absolute atomic E-state index is 0.00815. The number of piperidine rings is 1. The summed E-state index contributed by atoms with van der Waals surface area (Å²) in [5.41, 5.74) is -0.0809. The molecule has 0 aromatic rings. The number of hydrogen-bond donors (Lipinski definition) is 2. The molecule has 0 amide bonds. The summed E-state index contributed by atoms with van der Waals surface area (Å²) in [5.74, 6) is 0. The number of sulfonamides is 1. The summed E-state index contributed by atoms with van der Waals surface area (Å²) in [6, 6.07) is 0.00815. The van der Waals surface area contributed by atoms with Crippen LogP contribution >= 0.6 is 15.9 Å². The molecule has 0 saturated carbocycles. The molecule has 0 spiro atoms. The van der Waals surface area contributed by atoms with Crippen LogP contribution in [0.3, 0.4) is 0 Å². The fourth-order valence-electron chi connectivity index (χ4n) is 2.69. The molecule has 16 heavy (non-hydrogen) atoms. The Balaban J connectivity index is 2.76. The third kappa shape index (κ3) is 4.31. The molecular formula is C10H21BrN2O2S. The van der Waals surface area contributed by atoms with Crippen molar-refractivity contribution in [2.75, 3.05) is 4.66 Å². The van der Waals surface area contributed by atoms with E-state index >= 15 is 0 Å². The van der Waals surface area contributed by atoms with E-state index in [1.54, 1.807) is 0 Å². The van der Waals surface area contributed by atoms with E-state index in [-0.39, 0.29) is 21.8 Å². The van der Waals surface area contributed by atoms with Crippen molar-refractivity contribution in [3.63, 3.8) is 0 Å². The summed E-state index contributed by atoms with van der Waals surface area (Å²) in [5, 5.41) is 3.52. The van der Waals surface area contributed by atoms with E-state index in [1.165, 1.54) is 0 Å². The van der Waals surface area contributed by atoms with Crippen molar-refractivity contribution in [3.8, 4) is 0 Å². The number of rotatable bonds is 3. The summed E-state index contributed by atoms with van der Waals surface area (Å²) in [6.45, 7) is 8.40. The van der Waals surface area contributed by atoms with E-state index in [0.29, 0.717) is 0 Å². The average Bonchev–Trinajstić information content (AvgIpc) is 1.96. The first kappa shape index (κ1) is 14.4. The van der Waals surface area contributed by atoms with Gasteiger partial charge in [0, 0.05) is 17.1 Å². The van der Waals surface area contributed by atoms with Gasteiger partial charge in [-0.15, -0.1) is 0 Å². The second-order valence-electron chi connectivity index (χ2n) is 5.84. The van der Waals surface area contributed by atoms with Crippen LogP contribution in [0.2, 0.25) is 0 Å². The maximum absolute atomic E-state index is 11.5. The van der Waals surface area contributed by atoms with E-state index in [4.69, 9.17) is 0 Å². The fourth-order valence-corrected chi connectivity index (χ4v) is 3.83. The van der Waals surface area contributed by atoms with Crippen LogP contribution in [-0.4, -0.2) is 30.2 Å². The van der Waals surface area contributed by atoms with Gasteiger partial charge in [-0.25, -0.2) is 13.1 Å². The lowest BCUT2D eigenvalue weighted by atomic mass is 9.80. The maximum Gasteiger partial charge on any atom is 0.221 e. The molecule has 4 nitrogen and oxygen atoms in total. The van der Waals surface area contributed by atoms with Crippen LogP contribution in [0, 0.1) is 0 Å². The molecule has 0 radical (unpaired) electrons. The molecule has 6 heteroatoms. The van der Waals surface area contributed by atoms with Crippen molar-refractivity contribution in [1.82, 2.24) is 10.0 Å². The molecule has 2 N–H and O–H groups in total. The Labute approximate surface area is 107 Å². The molecule has 96 valence electrons. The fraction of sp³-hybridized carbons (Fsp3) is 1.00. The molecular weight excluding hydrogens is 292 g/mol. The second kappa shape index (κ2) is 4.55. The summed E-state index contributed by atoms with van der Waals surface area (Å²) in [6.07, 6.45) is 1.62. The van der Waals surface area contributed by atoms with Gasteiger partial charge < -0.3 is 5.32 Å². The first-order valence-electron chi connectivity index (χ1n) is 5.41. The minimum atomic E-state index is -3.18. The van der Waals surface area contributed by atoms with E-state index in [1.807, 2.05) is 0 Å². The summed E-state index contributed by atoms with van der Waals surface area (Å²) < 4.78 is 25.7. The van der Waals surface area contributed by atoms with Gasteiger partial charge in [-0.2, -0.15) is 0 Å². The van der Waals surface area contributed by atoms with Gasteiger partial charge in [-0.05, 0) is 40.5 Å². The number of nitrogens with one attached hydrogen (secondary N) is 2. The van der Waals surface area contributed by atoms with E-state index in [9.17, 15) is 8.42 Å². The number of hydrogen-bond acceptors (Lipinski definition) is 3. The highest BCUT2D eigenvalue weighted by molar-refractivity contribution is 9.10. The Kier molecular flexibility index (Phi) is 4.10. The van der Waals surface area contributed by atoms with Gasteiger partial charge >= 0.3 is 0 Å². The molecule has 1 aliphatic rings. The van der Waals surface area contributed by atoms with Crippen LogP contribution in [0.1, 0.15) is 40.5 Å². The molecule has 0 unspecified atom stereocenters. The lowest BCUT2D eigenvalue weighted by Crippen LogP contribution is -2.62. The average molecular weight is 313 g/mol. The Morgan fingerprint density at radius 3 is 2.06 bits per heavy atom. The second-order valence-corrected chi connectivity index (χ2v) is 8.90. The van der Waals surface area contributed by atoms with E-state index < -0.39 is 10.0 Å². The molecule has 0 bridgehead atoms. The van der Waals surface area contributed by atoms with Crippen LogP contribution in [0.25, 0.3) is 0 Å². The Bertz CT molecular complexity index is 336. The van der Waals surface area contributed by atoms with Gasteiger partial charge in [-0.1, -0.05) is 15.9 Å². The van der Waals surface area contributed by atoms with E-state index in [0.717, 1.165) is 12.8 Å². The van der Waals surface area contributed by atoms with Gasteiger partial charge in [0.25, 0.3) is 0 Å². The number of alkyl halides is 1. The first-order chi connectivity index (χ1) is 7.05. The SMILES string of the molecule is CC1(C)CC(NS(=O)(=O)CBr)CC(C)(C)N1. The largest absolute Gasteiger partial charge is 0.307 e. The smallest absolute Gasteiger partial charge is 0.221 e. The zero-order valence-electron chi connectivity index (χ0n) is 10.3. The topological polar surface area (TPSA) is 58.2 Å². The molecule has 1 saturated heterocycles. The first-order valence-corrected chi connectivity index (χ1v) is 8.18. The molecule has 1 heterocycles. The van der Waals surface area contributed by atoms with Crippen LogP contribution in [0.5, 0.6) is 0 Å². The quantitative estimate of drug-likeness (QED) is 0.778. The lowest BCUT2D eigenvalue weighted by Gasteiger charge is -2.46. The molecule has 0 aromatic carbocycles. The van der Waals surface area contributed by atoms with E-state index in [2.05, 4.69) is 53.7 Å². The van der Waals surface area contributed by atoms with Crippen molar-refractivity contribution in [3.05, 3.63) is 0 Å². The Morgan fingerprint density at radius 1 is 1.25 bits per heavy atom. The summed E-state index contributed by atoms with van der Waals surface area (Å²) in [7, 11) is -3.18. The molecule has 1 fully saturated rings. The third-order valence-corrected chi connectivity index (χ3v) is 5.47. The van der Waals surface area contributed by atoms with Crippen molar-refractivity contribution >= 4 is 26.0 Å². The van der Waals surface area contributed by atoms with Crippen molar-refractivity contribution < 1.29 is 8.42 Å². The van der Waals surface area contributed by atoms with Crippen LogP contribution in [0.4, 0.5) is 0 Å².